The fraction of sp³-hybridized carbons (Fsp3) is 0.167. The summed E-state index contributed by atoms with van der Waals surface area (Å²) >= 11 is 6.31. The fourth-order valence-electron chi connectivity index (χ4n) is 3.48. The van der Waals surface area contributed by atoms with Gasteiger partial charge in [-0.2, -0.15) is 0 Å². The number of carbonyl (C=O) groups is 1. The second-order valence-electron chi connectivity index (χ2n) is 6.03. The molecule has 25 heavy (non-hydrogen) atoms. The summed E-state index contributed by atoms with van der Waals surface area (Å²) < 4.78 is 2.01. The van der Waals surface area contributed by atoms with Crippen molar-refractivity contribution in [1.82, 2.24) is 9.88 Å². The summed E-state index contributed by atoms with van der Waals surface area (Å²) in [5.41, 5.74) is 4.19. The lowest BCUT2D eigenvalue weighted by Crippen LogP contribution is -2.35. The Kier molecular flexibility index (Phi) is 3.51. The standard InChI is InChI=1S/C18H14ClN3O3/c1-10-14-8-12(19)9-15(11-2-4-13(5-3-11)22(24)25)17(14)21-7-6-20-18(23)16(10)21/h2-5,8-9H,6-7H2,1H3,(H,20,23). The van der Waals surface area contributed by atoms with Crippen LogP contribution in [0.2, 0.25) is 5.02 Å². The van der Waals surface area contributed by atoms with E-state index in [1.165, 1.54) is 12.1 Å². The summed E-state index contributed by atoms with van der Waals surface area (Å²) in [6.45, 7) is 3.15. The van der Waals surface area contributed by atoms with Crippen LogP contribution in [0.3, 0.4) is 0 Å². The quantitative estimate of drug-likeness (QED) is 0.559. The van der Waals surface area contributed by atoms with E-state index in [0.717, 1.165) is 27.6 Å². The molecule has 3 aromatic rings. The molecule has 6 nitrogen and oxygen atoms in total. The smallest absolute Gasteiger partial charge is 0.269 e. The molecule has 2 heterocycles. The third kappa shape index (κ3) is 2.37. The number of rotatable bonds is 2. The lowest BCUT2D eigenvalue weighted by atomic mass is 10.0. The molecule has 2 aromatic carbocycles. The van der Waals surface area contributed by atoms with Crippen molar-refractivity contribution in [3.63, 3.8) is 0 Å². The van der Waals surface area contributed by atoms with Crippen LogP contribution in [0, 0.1) is 17.0 Å². The van der Waals surface area contributed by atoms with Crippen molar-refractivity contribution in [3.05, 3.63) is 62.8 Å². The summed E-state index contributed by atoms with van der Waals surface area (Å²) in [4.78, 5) is 22.7. The van der Waals surface area contributed by atoms with E-state index in [0.29, 0.717) is 23.8 Å². The molecule has 1 aromatic heterocycles. The molecule has 0 bridgehead atoms. The highest BCUT2D eigenvalue weighted by molar-refractivity contribution is 6.32. The zero-order chi connectivity index (χ0) is 17.7. The van der Waals surface area contributed by atoms with Gasteiger partial charge in [-0.3, -0.25) is 14.9 Å². The van der Waals surface area contributed by atoms with Gasteiger partial charge in [-0.25, -0.2) is 0 Å². The van der Waals surface area contributed by atoms with Gasteiger partial charge in [0.1, 0.15) is 5.69 Å². The van der Waals surface area contributed by atoms with E-state index in [1.807, 2.05) is 23.6 Å². The molecule has 0 spiro atoms. The number of carbonyl (C=O) groups excluding carboxylic acids is 1. The van der Waals surface area contributed by atoms with Gasteiger partial charge in [0.2, 0.25) is 0 Å². The minimum atomic E-state index is -0.426. The molecule has 7 heteroatoms. The summed E-state index contributed by atoms with van der Waals surface area (Å²) in [5, 5.41) is 15.2. The number of amides is 1. The average molecular weight is 356 g/mol. The topological polar surface area (TPSA) is 77.2 Å². The highest BCUT2D eigenvalue weighted by Crippen LogP contribution is 2.37. The minimum absolute atomic E-state index is 0.0368. The predicted molar refractivity (Wildman–Crippen MR) is 96.1 cm³/mol. The molecule has 1 aliphatic rings. The van der Waals surface area contributed by atoms with Crippen LogP contribution in [0.4, 0.5) is 5.69 Å². The van der Waals surface area contributed by atoms with Crippen LogP contribution >= 0.6 is 11.6 Å². The lowest BCUT2D eigenvalue weighted by molar-refractivity contribution is -0.384. The van der Waals surface area contributed by atoms with Crippen LogP contribution in [-0.2, 0) is 6.54 Å². The van der Waals surface area contributed by atoms with Gasteiger partial charge in [-0.1, -0.05) is 11.6 Å². The molecule has 1 aliphatic heterocycles. The van der Waals surface area contributed by atoms with E-state index >= 15 is 0 Å². The molecular formula is C18H14ClN3O3. The molecule has 1 N–H and O–H groups in total. The molecule has 0 unspecified atom stereocenters. The zero-order valence-corrected chi connectivity index (χ0v) is 14.1. The number of halogens is 1. The van der Waals surface area contributed by atoms with Crippen molar-refractivity contribution in [1.29, 1.82) is 0 Å². The van der Waals surface area contributed by atoms with Crippen molar-refractivity contribution < 1.29 is 9.72 Å². The first kappa shape index (κ1) is 15.7. The maximum atomic E-state index is 12.3. The molecule has 0 saturated carbocycles. The number of nitrogens with one attached hydrogen (secondary N) is 1. The molecule has 1 amide bonds. The van der Waals surface area contributed by atoms with E-state index in [1.54, 1.807) is 12.1 Å². The third-order valence-corrected chi connectivity index (χ3v) is 4.82. The minimum Gasteiger partial charge on any atom is -0.349 e. The Balaban J connectivity index is 2.02. The monoisotopic (exact) mass is 355 g/mol. The van der Waals surface area contributed by atoms with Gasteiger partial charge < -0.3 is 9.88 Å². The molecule has 0 radical (unpaired) electrons. The number of non-ortho nitro benzene ring substituents is 1. The maximum absolute atomic E-state index is 12.3. The van der Waals surface area contributed by atoms with Gasteiger partial charge in [-0.15, -0.1) is 0 Å². The maximum Gasteiger partial charge on any atom is 0.269 e. The number of hydrogen-bond donors (Lipinski definition) is 1. The van der Waals surface area contributed by atoms with Gasteiger partial charge in [0.25, 0.3) is 11.6 Å². The first-order valence-electron chi connectivity index (χ1n) is 7.82. The molecule has 0 saturated heterocycles. The fourth-order valence-corrected chi connectivity index (χ4v) is 3.70. The van der Waals surface area contributed by atoms with Gasteiger partial charge in [-0.05, 0) is 42.3 Å². The summed E-state index contributed by atoms with van der Waals surface area (Å²) in [6.07, 6.45) is 0. The van der Waals surface area contributed by atoms with Gasteiger partial charge in [0, 0.05) is 41.2 Å². The Morgan fingerprint density at radius 1 is 1.24 bits per heavy atom. The van der Waals surface area contributed by atoms with Crippen molar-refractivity contribution in [3.8, 4) is 11.1 Å². The Labute approximate surface area is 148 Å². The molecule has 0 aliphatic carbocycles. The lowest BCUT2D eigenvalue weighted by Gasteiger charge is -2.18. The van der Waals surface area contributed by atoms with Crippen LogP contribution in [0.15, 0.2) is 36.4 Å². The number of nitrogens with zero attached hydrogens (tertiary/aromatic N) is 2. The first-order chi connectivity index (χ1) is 12.0. The van der Waals surface area contributed by atoms with E-state index in [2.05, 4.69) is 5.32 Å². The number of nitro benzene ring substituents is 1. The Morgan fingerprint density at radius 3 is 2.64 bits per heavy atom. The van der Waals surface area contributed by atoms with Crippen LogP contribution in [-0.4, -0.2) is 21.9 Å². The Morgan fingerprint density at radius 2 is 1.96 bits per heavy atom. The molecule has 0 fully saturated rings. The van der Waals surface area contributed by atoms with E-state index in [4.69, 9.17) is 11.6 Å². The van der Waals surface area contributed by atoms with Crippen LogP contribution in [0.25, 0.3) is 22.0 Å². The number of nitro groups is 1. The Bertz CT molecular complexity index is 1040. The Hall–Kier alpha value is -2.86. The second-order valence-corrected chi connectivity index (χ2v) is 6.47. The summed E-state index contributed by atoms with van der Waals surface area (Å²) in [6, 6.07) is 10.1. The summed E-state index contributed by atoms with van der Waals surface area (Å²) in [7, 11) is 0. The van der Waals surface area contributed by atoms with Crippen molar-refractivity contribution in [2.75, 3.05) is 6.54 Å². The SMILES string of the molecule is Cc1c2n(c3c(-c4ccc([N+](=O)[O-])cc4)cc(Cl)cc13)CCNC2=O. The van der Waals surface area contributed by atoms with Gasteiger partial charge in [0.15, 0.2) is 0 Å². The number of aromatic nitrogens is 1. The van der Waals surface area contributed by atoms with Crippen molar-refractivity contribution >= 4 is 34.1 Å². The molecule has 4 rings (SSSR count). The van der Waals surface area contributed by atoms with Gasteiger partial charge in [0.05, 0.1) is 10.4 Å². The van der Waals surface area contributed by atoms with Crippen LogP contribution < -0.4 is 5.32 Å². The molecule has 126 valence electrons. The number of fused-ring (bicyclic) bond motifs is 3. The number of aryl methyl sites for hydroxylation is 1. The van der Waals surface area contributed by atoms with Gasteiger partial charge >= 0.3 is 0 Å². The second kappa shape index (κ2) is 5.60. The number of hydrogen-bond acceptors (Lipinski definition) is 3. The largest absolute Gasteiger partial charge is 0.349 e. The van der Waals surface area contributed by atoms with Crippen LogP contribution in [0.1, 0.15) is 16.1 Å². The highest BCUT2D eigenvalue weighted by Gasteiger charge is 2.25. The zero-order valence-electron chi connectivity index (χ0n) is 13.4. The van der Waals surface area contributed by atoms with E-state index in [-0.39, 0.29) is 11.6 Å². The number of benzene rings is 2. The van der Waals surface area contributed by atoms with Crippen molar-refractivity contribution in [2.24, 2.45) is 0 Å². The third-order valence-electron chi connectivity index (χ3n) is 4.60. The first-order valence-corrected chi connectivity index (χ1v) is 8.20. The molecular weight excluding hydrogens is 342 g/mol. The van der Waals surface area contributed by atoms with E-state index in [9.17, 15) is 14.9 Å². The predicted octanol–water partition coefficient (Wildman–Crippen LogP) is 3.92. The normalized spacial score (nSPS) is 13.6. The average Bonchev–Trinajstić information content (AvgIpc) is 2.88. The molecule has 0 atom stereocenters. The summed E-state index contributed by atoms with van der Waals surface area (Å²) in [5.74, 6) is -0.0919. The van der Waals surface area contributed by atoms with Crippen molar-refractivity contribution in [2.45, 2.75) is 13.5 Å². The highest BCUT2D eigenvalue weighted by atomic mass is 35.5. The van der Waals surface area contributed by atoms with Crippen LogP contribution in [0.5, 0.6) is 0 Å². The van der Waals surface area contributed by atoms with E-state index < -0.39 is 4.92 Å².